The number of aryl methyl sites for hydroxylation is 1. The average Bonchev–Trinajstić information content (AvgIpc) is 3.11. The Morgan fingerprint density at radius 2 is 1.73 bits per heavy atom. The van der Waals surface area contributed by atoms with Gasteiger partial charge in [-0.15, -0.1) is 11.8 Å². The highest BCUT2D eigenvalue weighted by Gasteiger charge is 2.11. The van der Waals surface area contributed by atoms with Crippen molar-refractivity contribution in [3.63, 3.8) is 0 Å². The number of halogens is 1. The molecule has 0 spiro atoms. The van der Waals surface area contributed by atoms with Gasteiger partial charge in [0, 0.05) is 46.4 Å². The van der Waals surface area contributed by atoms with Crippen LogP contribution in [0.25, 0.3) is 10.9 Å². The van der Waals surface area contributed by atoms with Gasteiger partial charge in [-0.05, 0) is 36.2 Å². The zero-order chi connectivity index (χ0) is 20.9. The minimum Gasteiger partial charge on any atom is -0.350 e. The van der Waals surface area contributed by atoms with E-state index in [1.807, 2.05) is 55.5 Å². The minimum absolute atomic E-state index is 0.0567. The van der Waals surface area contributed by atoms with Crippen molar-refractivity contribution in [2.75, 3.05) is 6.54 Å². The highest BCUT2D eigenvalue weighted by atomic mass is 32.2. The van der Waals surface area contributed by atoms with Crippen LogP contribution in [0.5, 0.6) is 0 Å². The Kier molecular flexibility index (Phi) is 6.19. The summed E-state index contributed by atoms with van der Waals surface area (Å²) in [5.74, 6) is 0.344. The second-order valence-electron chi connectivity index (χ2n) is 7.15. The van der Waals surface area contributed by atoms with Gasteiger partial charge in [0.15, 0.2) is 0 Å². The van der Waals surface area contributed by atoms with Crippen LogP contribution < -0.4 is 5.32 Å². The van der Waals surface area contributed by atoms with E-state index < -0.39 is 0 Å². The lowest BCUT2D eigenvalue weighted by molar-refractivity contribution is 0.0952. The summed E-state index contributed by atoms with van der Waals surface area (Å²) < 4.78 is 16.1. The number of rotatable bonds is 7. The molecule has 0 aliphatic carbocycles. The van der Waals surface area contributed by atoms with Crippen LogP contribution in [-0.4, -0.2) is 17.0 Å². The van der Waals surface area contributed by atoms with E-state index in [0.717, 1.165) is 21.4 Å². The molecule has 5 heteroatoms. The number of carbonyl (C=O) groups is 1. The highest BCUT2D eigenvalue weighted by molar-refractivity contribution is 7.98. The molecule has 0 atom stereocenters. The third-order valence-electron chi connectivity index (χ3n) is 5.12. The second kappa shape index (κ2) is 9.18. The predicted octanol–water partition coefficient (Wildman–Crippen LogP) is 5.81. The van der Waals surface area contributed by atoms with Gasteiger partial charge < -0.3 is 9.88 Å². The molecule has 0 aliphatic heterocycles. The number of fused-ring (bicyclic) bond motifs is 1. The summed E-state index contributed by atoms with van der Waals surface area (Å²) in [4.78, 5) is 13.6. The van der Waals surface area contributed by atoms with Crippen LogP contribution in [0.3, 0.4) is 0 Å². The van der Waals surface area contributed by atoms with Gasteiger partial charge in [-0.1, -0.05) is 54.6 Å². The Balaban J connectivity index is 1.46. The van der Waals surface area contributed by atoms with Gasteiger partial charge in [0.05, 0.1) is 0 Å². The molecule has 0 radical (unpaired) electrons. The first-order valence-corrected chi connectivity index (χ1v) is 10.9. The zero-order valence-corrected chi connectivity index (χ0v) is 17.6. The summed E-state index contributed by atoms with van der Waals surface area (Å²) in [5.41, 5.74) is 3.48. The predicted molar refractivity (Wildman–Crippen MR) is 121 cm³/mol. The number of nitrogens with zero attached hydrogens (tertiary/aromatic N) is 1. The Morgan fingerprint density at radius 3 is 2.57 bits per heavy atom. The number of para-hydroxylation sites is 1. The maximum atomic E-state index is 14.0. The normalized spacial score (nSPS) is 11.0. The molecule has 1 amide bonds. The molecule has 4 rings (SSSR count). The summed E-state index contributed by atoms with van der Waals surface area (Å²) in [6, 6.07) is 22.7. The van der Waals surface area contributed by atoms with Crippen molar-refractivity contribution in [2.24, 2.45) is 0 Å². The van der Waals surface area contributed by atoms with E-state index in [4.69, 9.17) is 0 Å². The minimum atomic E-state index is -0.173. The molecule has 1 heterocycles. The quantitative estimate of drug-likeness (QED) is 0.384. The molecule has 152 valence electrons. The van der Waals surface area contributed by atoms with Gasteiger partial charge in [-0.25, -0.2) is 4.39 Å². The summed E-state index contributed by atoms with van der Waals surface area (Å²) in [6.45, 7) is 3.13. The van der Waals surface area contributed by atoms with E-state index in [2.05, 4.69) is 28.2 Å². The number of nitrogens with one attached hydrogen (secondary N) is 1. The maximum absolute atomic E-state index is 14.0. The lowest BCUT2D eigenvalue weighted by atomic mass is 10.1. The van der Waals surface area contributed by atoms with Crippen LogP contribution >= 0.6 is 11.8 Å². The molecule has 1 N–H and O–H groups in total. The van der Waals surface area contributed by atoms with Crippen LogP contribution in [0.2, 0.25) is 0 Å². The lowest BCUT2D eigenvalue weighted by Gasteiger charge is -2.09. The molecule has 3 nitrogen and oxygen atoms in total. The Labute approximate surface area is 179 Å². The number of hydrogen-bond acceptors (Lipinski definition) is 2. The lowest BCUT2D eigenvalue weighted by Crippen LogP contribution is -2.27. The first-order valence-electron chi connectivity index (χ1n) is 9.91. The first-order chi connectivity index (χ1) is 14.6. The van der Waals surface area contributed by atoms with Gasteiger partial charge in [-0.3, -0.25) is 4.79 Å². The molecular formula is C25H23FN2OS. The zero-order valence-electron chi connectivity index (χ0n) is 16.8. The van der Waals surface area contributed by atoms with Crippen LogP contribution in [0.4, 0.5) is 4.39 Å². The number of benzene rings is 3. The largest absolute Gasteiger partial charge is 0.350 e. The van der Waals surface area contributed by atoms with Crippen LogP contribution in [0.1, 0.15) is 21.5 Å². The summed E-state index contributed by atoms with van der Waals surface area (Å²) in [6.07, 6.45) is 2.09. The van der Waals surface area contributed by atoms with Crippen LogP contribution in [-0.2, 0) is 12.3 Å². The van der Waals surface area contributed by atoms with Crippen molar-refractivity contribution in [1.82, 2.24) is 9.88 Å². The topological polar surface area (TPSA) is 34.0 Å². The van der Waals surface area contributed by atoms with E-state index in [9.17, 15) is 9.18 Å². The van der Waals surface area contributed by atoms with Crippen molar-refractivity contribution in [3.8, 4) is 0 Å². The van der Waals surface area contributed by atoms with E-state index in [-0.39, 0.29) is 11.7 Å². The fourth-order valence-corrected chi connectivity index (χ4v) is 4.57. The molecule has 0 bridgehead atoms. The fraction of sp³-hybridized carbons (Fsp3) is 0.160. The van der Waals surface area contributed by atoms with Crippen molar-refractivity contribution in [3.05, 3.63) is 102 Å². The van der Waals surface area contributed by atoms with Gasteiger partial charge in [0.1, 0.15) is 5.82 Å². The van der Waals surface area contributed by atoms with Gasteiger partial charge in [-0.2, -0.15) is 0 Å². The molecule has 30 heavy (non-hydrogen) atoms. The van der Waals surface area contributed by atoms with Crippen LogP contribution in [0, 0.1) is 12.7 Å². The van der Waals surface area contributed by atoms with Gasteiger partial charge >= 0.3 is 0 Å². The van der Waals surface area contributed by atoms with E-state index >= 15 is 0 Å². The summed E-state index contributed by atoms with van der Waals surface area (Å²) in [5, 5.41) is 4.15. The monoisotopic (exact) mass is 418 g/mol. The molecule has 0 saturated carbocycles. The number of hydrogen-bond donors (Lipinski definition) is 1. The Hall–Kier alpha value is -3.05. The van der Waals surface area contributed by atoms with E-state index in [0.29, 0.717) is 30.0 Å². The van der Waals surface area contributed by atoms with Crippen molar-refractivity contribution in [1.29, 1.82) is 0 Å². The molecule has 0 unspecified atom stereocenters. The van der Waals surface area contributed by atoms with Crippen molar-refractivity contribution in [2.45, 2.75) is 24.1 Å². The standard InChI is InChI=1S/C25H23FN2OS/c1-18-8-2-4-10-20(18)25(29)27-14-15-28-16-24(21-11-5-7-13-23(21)28)30-17-19-9-3-6-12-22(19)26/h2-13,16H,14-15,17H2,1H3,(H,27,29). The highest BCUT2D eigenvalue weighted by Crippen LogP contribution is 2.32. The third kappa shape index (κ3) is 4.41. The number of amides is 1. The smallest absolute Gasteiger partial charge is 0.251 e. The molecule has 1 aromatic heterocycles. The number of thioether (sulfide) groups is 1. The third-order valence-corrected chi connectivity index (χ3v) is 6.21. The van der Waals surface area contributed by atoms with Crippen molar-refractivity contribution < 1.29 is 9.18 Å². The van der Waals surface area contributed by atoms with Gasteiger partial charge in [0.2, 0.25) is 0 Å². The number of aromatic nitrogens is 1. The van der Waals surface area contributed by atoms with Crippen LogP contribution in [0.15, 0.2) is 83.9 Å². The van der Waals surface area contributed by atoms with Gasteiger partial charge in [0.25, 0.3) is 5.91 Å². The maximum Gasteiger partial charge on any atom is 0.251 e. The average molecular weight is 419 g/mol. The Bertz CT molecular complexity index is 1180. The Morgan fingerprint density at radius 1 is 1.00 bits per heavy atom. The summed E-state index contributed by atoms with van der Waals surface area (Å²) in [7, 11) is 0. The van der Waals surface area contributed by atoms with E-state index in [1.165, 1.54) is 6.07 Å². The van der Waals surface area contributed by atoms with E-state index in [1.54, 1.807) is 17.8 Å². The molecule has 4 aromatic rings. The number of carbonyl (C=O) groups excluding carboxylic acids is 1. The molecular weight excluding hydrogens is 395 g/mol. The molecule has 0 fully saturated rings. The fourth-order valence-electron chi connectivity index (χ4n) is 3.50. The SMILES string of the molecule is Cc1ccccc1C(=O)NCCn1cc(SCc2ccccc2F)c2ccccc21. The van der Waals surface area contributed by atoms with Crippen molar-refractivity contribution >= 4 is 28.6 Å². The molecule has 0 saturated heterocycles. The summed E-state index contributed by atoms with van der Waals surface area (Å²) >= 11 is 1.63. The first kappa shape index (κ1) is 20.2. The second-order valence-corrected chi connectivity index (χ2v) is 8.17. The molecule has 3 aromatic carbocycles. The molecule has 0 aliphatic rings.